The van der Waals surface area contributed by atoms with Crippen LogP contribution in [0.3, 0.4) is 0 Å². The molecule has 0 spiro atoms. The molecule has 1 heteroatoms. The second-order valence-corrected chi connectivity index (χ2v) is 4.80. The highest BCUT2D eigenvalue weighted by atomic mass is 15.1. The van der Waals surface area contributed by atoms with Gasteiger partial charge in [-0.2, -0.15) is 0 Å². The third-order valence-corrected chi connectivity index (χ3v) is 3.53. The molecule has 0 N–H and O–H groups in total. The molecule has 0 atom stereocenters. The maximum Gasteiger partial charge on any atom is 0.0166 e. The van der Waals surface area contributed by atoms with Gasteiger partial charge in [-0.25, -0.2) is 0 Å². The average Bonchev–Trinajstić information content (AvgIpc) is 2.39. The van der Waals surface area contributed by atoms with Gasteiger partial charge in [0.1, 0.15) is 0 Å². The minimum atomic E-state index is 1.07. The van der Waals surface area contributed by atoms with Gasteiger partial charge in [0.15, 0.2) is 0 Å². The van der Waals surface area contributed by atoms with Crippen molar-refractivity contribution in [2.45, 2.75) is 6.42 Å². The van der Waals surface area contributed by atoms with Gasteiger partial charge in [-0.15, -0.1) is 0 Å². The summed E-state index contributed by atoms with van der Waals surface area (Å²) >= 11 is 0. The van der Waals surface area contributed by atoms with Crippen LogP contribution >= 0.6 is 0 Å². The number of nitrogens with zero attached hydrogens (tertiary/aromatic N) is 1. The van der Waals surface area contributed by atoms with E-state index in [1.807, 2.05) is 0 Å². The number of hydrogen-bond donors (Lipinski definition) is 0. The van der Waals surface area contributed by atoms with Crippen LogP contribution in [0.4, 0.5) is 0 Å². The van der Waals surface area contributed by atoms with Gasteiger partial charge in [0, 0.05) is 13.1 Å². The molecule has 1 aliphatic rings. The van der Waals surface area contributed by atoms with Crippen LogP contribution in [0, 0.1) is 0 Å². The maximum absolute atomic E-state index is 2.35. The lowest BCUT2D eigenvalue weighted by atomic mass is 9.97. The maximum atomic E-state index is 2.35. The Labute approximate surface area is 102 Å². The van der Waals surface area contributed by atoms with Crippen molar-refractivity contribution in [3.63, 3.8) is 0 Å². The van der Waals surface area contributed by atoms with E-state index >= 15 is 0 Å². The van der Waals surface area contributed by atoms with Crippen LogP contribution in [0.5, 0.6) is 0 Å². The second kappa shape index (κ2) is 4.34. The molecule has 0 amide bonds. The first kappa shape index (κ1) is 10.5. The van der Waals surface area contributed by atoms with Gasteiger partial charge in [0.05, 0.1) is 0 Å². The zero-order valence-electron chi connectivity index (χ0n) is 10.2. The fraction of sp³-hybridized carbons (Fsp3) is 0.250. The molecule has 3 rings (SSSR count). The van der Waals surface area contributed by atoms with Gasteiger partial charge in [0.25, 0.3) is 0 Å². The summed E-state index contributed by atoms with van der Waals surface area (Å²) in [5.41, 5.74) is 2.88. The molecular formula is C16H17N. The van der Waals surface area contributed by atoms with Crippen LogP contribution in [-0.4, -0.2) is 25.0 Å². The Morgan fingerprint density at radius 1 is 1.00 bits per heavy atom. The number of fused-ring (bicyclic) bond motifs is 1. The number of rotatable bonds is 1. The fourth-order valence-electron chi connectivity index (χ4n) is 2.42. The summed E-state index contributed by atoms with van der Waals surface area (Å²) in [6.45, 7) is 2.24. The van der Waals surface area contributed by atoms with Crippen LogP contribution in [0.2, 0.25) is 0 Å². The molecule has 0 bridgehead atoms. The van der Waals surface area contributed by atoms with E-state index in [1.165, 1.54) is 28.5 Å². The molecule has 0 radical (unpaired) electrons. The zero-order chi connectivity index (χ0) is 11.7. The van der Waals surface area contributed by atoms with E-state index in [1.54, 1.807) is 0 Å². The standard InChI is InChI=1S/C16H17N/c1-17-10-8-14(9-11-17)16-7-6-13-4-2-3-5-15(13)12-16/h2-8,12H,9-11H2,1H3. The van der Waals surface area contributed by atoms with Gasteiger partial charge in [-0.05, 0) is 41.4 Å². The van der Waals surface area contributed by atoms with E-state index in [0.29, 0.717) is 0 Å². The van der Waals surface area contributed by atoms with Crippen LogP contribution in [0.1, 0.15) is 12.0 Å². The van der Waals surface area contributed by atoms with Crippen molar-refractivity contribution in [2.24, 2.45) is 0 Å². The Bertz CT molecular complexity index is 569. The van der Waals surface area contributed by atoms with Crippen LogP contribution in [0.15, 0.2) is 48.5 Å². The fourth-order valence-corrected chi connectivity index (χ4v) is 2.42. The topological polar surface area (TPSA) is 3.24 Å². The number of benzene rings is 2. The predicted octanol–water partition coefficient (Wildman–Crippen LogP) is 3.56. The van der Waals surface area contributed by atoms with E-state index in [0.717, 1.165) is 13.0 Å². The molecule has 0 fully saturated rings. The molecule has 86 valence electrons. The third-order valence-electron chi connectivity index (χ3n) is 3.53. The Morgan fingerprint density at radius 2 is 1.82 bits per heavy atom. The minimum absolute atomic E-state index is 1.07. The van der Waals surface area contributed by atoms with E-state index in [2.05, 4.69) is 60.5 Å². The molecule has 0 saturated heterocycles. The summed E-state index contributed by atoms with van der Waals surface area (Å²) in [5, 5.41) is 2.66. The molecule has 1 nitrogen and oxygen atoms in total. The molecule has 1 heterocycles. The highest BCUT2D eigenvalue weighted by Gasteiger charge is 2.09. The molecule has 0 unspecified atom stereocenters. The van der Waals surface area contributed by atoms with Crippen LogP contribution < -0.4 is 0 Å². The number of hydrogen-bond acceptors (Lipinski definition) is 1. The van der Waals surface area contributed by atoms with Gasteiger partial charge in [-0.1, -0.05) is 42.5 Å². The predicted molar refractivity (Wildman–Crippen MR) is 74.0 cm³/mol. The highest BCUT2D eigenvalue weighted by Crippen LogP contribution is 2.25. The Kier molecular flexibility index (Phi) is 2.69. The van der Waals surface area contributed by atoms with Crippen LogP contribution in [-0.2, 0) is 0 Å². The van der Waals surface area contributed by atoms with Gasteiger partial charge < -0.3 is 4.90 Å². The van der Waals surface area contributed by atoms with Crippen molar-refractivity contribution < 1.29 is 0 Å². The van der Waals surface area contributed by atoms with Gasteiger partial charge in [-0.3, -0.25) is 0 Å². The van der Waals surface area contributed by atoms with E-state index in [-0.39, 0.29) is 0 Å². The van der Waals surface area contributed by atoms with E-state index in [9.17, 15) is 0 Å². The molecular weight excluding hydrogens is 206 g/mol. The molecule has 1 aliphatic heterocycles. The first-order chi connectivity index (χ1) is 8.33. The SMILES string of the molecule is CN1CC=C(c2ccc3ccccc3c2)CC1. The van der Waals surface area contributed by atoms with Crippen molar-refractivity contribution in [3.05, 3.63) is 54.1 Å². The molecule has 0 aliphatic carbocycles. The Balaban J connectivity index is 2.01. The normalized spacial score (nSPS) is 17.1. The molecule has 2 aromatic carbocycles. The van der Waals surface area contributed by atoms with Crippen molar-refractivity contribution >= 4 is 16.3 Å². The second-order valence-electron chi connectivity index (χ2n) is 4.80. The van der Waals surface area contributed by atoms with Crippen LogP contribution in [0.25, 0.3) is 16.3 Å². The van der Waals surface area contributed by atoms with E-state index < -0.39 is 0 Å². The summed E-state index contributed by atoms with van der Waals surface area (Å²) in [6.07, 6.45) is 3.52. The highest BCUT2D eigenvalue weighted by molar-refractivity contribution is 5.86. The van der Waals surface area contributed by atoms with Crippen molar-refractivity contribution in [2.75, 3.05) is 20.1 Å². The monoisotopic (exact) mass is 223 g/mol. The Morgan fingerprint density at radius 3 is 2.59 bits per heavy atom. The first-order valence-corrected chi connectivity index (χ1v) is 6.20. The van der Waals surface area contributed by atoms with Crippen molar-refractivity contribution in [1.82, 2.24) is 4.90 Å². The lowest BCUT2D eigenvalue weighted by Crippen LogP contribution is -2.23. The lowest BCUT2D eigenvalue weighted by Gasteiger charge is -2.22. The largest absolute Gasteiger partial charge is 0.302 e. The summed E-state index contributed by atoms with van der Waals surface area (Å²) in [5.74, 6) is 0. The third kappa shape index (κ3) is 2.11. The van der Waals surface area contributed by atoms with Crippen molar-refractivity contribution in [1.29, 1.82) is 0 Å². The van der Waals surface area contributed by atoms with Crippen molar-refractivity contribution in [3.8, 4) is 0 Å². The van der Waals surface area contributed by atoms with Gasteiger partial charge in [0.2, 0.25) is 0 Å². The minimum Gasteiger partial charge on any atom is -0.302 e. The summed E-state index contributed by atoms with van der Waals surface area (Å²) in [7, 11) is 2.17. The molecule has 0 saturated carbocycles. The smallest absolute Gasteiger partial charge is 0.0166 e. The molecule has 2 aromatic rings. The molecule has 17 heavy (non-hydrogen) atoms. The van der Waals surface area contributed by atoms with Gasteiger partial charge >= 0.3 is 0 Å². The summed E-state index contributed by atoms with van der Waals surface area (Å²) in [4.78, 5) is 2.35. The van der Waals surface area contributed by atoms with E-state index in [4.69, 9.17) is 0 Å². The Hall–Kier alpha value is -1.60. The summed E-state index contributed by atoms with van der Waals surface area (Å²) in [6, 6.07) is 15.3. The lowest BCUT2D eigenvalue weighted by molar-refractivity contribution is 0.370. The summed E-state index contributed by atoms with van der Waals surface area (Å²) < 4.78 is 0. The number of likely N-dealkylation sites (N-methyl/N-ethyl adjacent to an activating group) is 1. The molecule has 0 aromatic heterocycles. The first-order valence-electron chi connectivity index (χ1n) is 6.20. The average molecular weight is 223 g/mol. The quantitative estimate of drug-likeness (QED) is 0.714. The zero-order valence-corrected chi connectivity index (χ0v) is 10.2.